The highest BCUT2D eigenvalue weighted by atomic mass is 32.2. The number of carbonyl (C=O) groups is 1. The average Bonchev–Trinajstić information content (AvgIpc) is 2.94. The van der Waals surface area contributed by atoms with Crippen molar-refractivity contribution in [1.82, 2.24) is 10.2 Å². The maximum Gasteiger partial charge on any atom is 0.270 e. The van der Waals surface area contributed by atoms with E-state index in [0.29, 0.717) is 9.90 Å². The molecule has 0 saturated carbocycles. The van der Waals surface area contributed by atoms with Gasteiger partial charge in [-0.05, 0) is 0 Å². The number of nitrogens with zero attached hydrogens (tertiary/aromatic N) is 4. The van der Waals surface area contributed by atoms with Gasteiger partial charge in [0.2, 0.25) is 5.13 Å². The number of carbonyl (C=O) groups excluding carboxylic acids is 1. The summed E-state index contributed by atoms with van der Waals surface area (Å²) in [4.78, 5) is 24.0. The minimum absolute atomic E-state index is 0.0864. The zero-order chi connectivity index (χ0) is 15.4. The number of ketones is 1. The lowest BCUT2D eigenvalue weighted by Gasteiger charge is -2.03. The fourth-order valence-electron chi connectivity index (χ4n) is 1.45. The van der Waals surface area contributed by atoms with Crippen LogP contribution in [0.4, 0.5) is 10.8 Å². The molecule has 0 N–H and O–H groups in total. The van der Waals surface area contributed by atoms with Gasteiger partial charge in [-0.2, -0.15) is 0 Å². The Bertz CT molecular complexity index is 672. The predicted molar refractivity (Wildman–Crippen MR) is 82.4 cm³/mol. The van der Waals surface area contributed by atoms with Gasteiger partial charge in [0.25, 0.3) is 5.69 Å². The molecule has 2 aromatic rings. The summed E-state index contributed by atoms with van der Waals surface area (Å²) >= 11 is 2.67. The molecule has 1 aromatic carbocycles. The first-order valence-electron chi connectivity index (χ1n) is 5.88. The second-order valence-corrected chi connectivity index (χ2v) is 6.44. The largest absolute Gasteiger partial charge is 0.353 e. The molecule has 110 valence electrons. The standard InChI is InChI=1S/C12H12N4O3S2/c1-15(2)11-13-14-12(21-11)20-7-10(17)8-4-3-5-9(6-8)16(18)19/h3-6H,7H2,1-2H3. The normalized spacial score (nSPS) is 10.4. The highest BCUT2D eigenvalue weighted by Crippen LogP contribution is 2.27. The van der Waals surface area contributed by atoms with E-state index < -0.39 is 4.92 Å². The van der Waals surface area contributed by atoms with Crippen molar-refractivity contribution >= 4 is 39.7 Å². The molecule has 0 unspecified atom stereocenters. The minimum atomic E-state index is -0.516. The van der Waals surface area contributed by atoms with Crippen LogP contribution in [0, 0.1) is 10.1 Å². The van der Waals surface area contributed by atoms with Gasteiger partial charge in [0.15, 0.2) is 10.1 Å². The number of anilines is 1. The second kappa shape index (κ2) is 6.64. The molecular weight excluding hydrogens is 312 g/mol. The van der Waals surface area contributed by atoms with Crippen LogP contribution in [-0.4, -0.2) is 40.8 Å². The van der Waals surface area contributed by atoms with E-state index in [4.69, 9.17) is 0 Å². The first-order valence-corrected chi connectivity index (χ1v) is 7.69. The summed E-state index contributed by atoms with van der Waals surface area (Å²) in [5.74, 6) is -0.00577. The van der Waals surface area contributed by atoms with Crippen molar-refractivity contribution in [2.45, 2.75) is 4.34 Å². The first-order chi connectivity index (χ1) is 9.97. The Labute approximate surface area is 129 Å². The van der Waals surface area contributed by atoms with Crippen molar-refractivity contribution in [3.63, 3.8) is 0 Å². The molecule has 0 aliphatic heterocycles. The third-order valence-corrected chi connectivity index (χ3v) is 4.71. The van der Waals surface area contributed by atoms with Crippen LogP contribution in [0.1, 0.15) is 10.4 Å². The number of aromatic nitrogens is 2. The molecule has 0 bridgehead atoms. The molecule has 0 spiro atoms. The summed E-state index contributed by atoms with van der Waals surface area (Å²) in [7, 11) is 3.73. The van der Waals surface area contributed by atoms with E-state index in [2.05, 4.69) is 10.2 Å². The van der Waals surface area contributed by atoms with E-state index in [0.717, 1.165) is 5.13 Å². The Morgan fingerprint density at radius 1 is 1.43 bits per heavy atom. The Balaban J connectivity index is 2.01. The van der Waals surface area contributed by atoms with E-state index in [9.17, 15) is 14.9 Å². The SMILES string of the molecule is CN(C)c1nnc(SCC(=O)c2cccc([N+](=O)[O-])c2)s1. The quantitative estimate of drug-likeness (QED) is 0.349. The number of non-ortho nitro benzene ring substituents is 1. The van der Waals surface area contributed by atoms with Gasteiger partial charge < -0.3 is 4.90 Å². The smallest absolute Gasteiger partial charge is 0.270 e. The summed E-state index contributed by atoms with van der Waals surface area (Å²) in [5, 5.41) is 19.4. The predicted octanol–water partition coefficient (Wildman–Crippen LogP) is 2.49. The molecule has 0 saturated heterocycles. The molecule has 9 heteroatoms. The van der Waals surface area contributed by atoms with Crippen LogP contribution in [-0.2, 0) is 0 Å². The maximum absolute atomic E-state index is 12.0. The van der Waals surface area contributed by atoms with Gasteiger partial charge in [-0.25, -0.2) is 0 Å². The Morgan fingerprint density at radius 2 is 2.19 bits per heavy atom. The first kappa shape index (κ1) is 15.4. The maximum atomic E-state index is 12.0. The van der Waals surface area contributed by atoms with Gasteiger partial charge in [0.1, 0.15) is 0 Å². The molecule has 0 atom stereocenters. The summed E-state index contributed by atoms with van der Waals surface area (Å²) in [5.41, 5.74) is 0.241. The summed E-state index contributed by atoms with van der Waals surface area (Å²) in [6.07, 6.45) is 0. The van der Waals surface area contributed by atoms with Crippen LogP contribution in [0.15, 0.2) is 28.6 Å². The lowest BCUT2D eigenvalue weighted by Crippen LogP contribution is -2.07. The number of hydrogen-bond donors (Lipinski definition) is 0. The molecule has 0 aliphatic rings. The summed E-state index contributed by atoms with van der Waals surface area (Å²) in [6.45, 7) is 0. The van der Waals surface area contributed by atoms with Crippen molar-refractivity contribution in [3.05, 3.63) is 39.9 Å². The highest BCUT2D eigenvalue weighted by molar-refractivity contribution is 8.01. The Morgan fingerprint density at radius 3 is 2.81 bits per heavy atom. The van der Waals surface area contributed by atoms with Crippen molar-refractivity contribution in [2.75, 3.05) is 24.7 Å². The zero-order valence-corrected chi connectivity index (χ0v) is 13.0. The van der Waals surface area contributed by atoms with Crippen molar-refractivity contribution in [2.24, 2.45) is 0 Å². The molecular formula is C12H12N4O3S2. The van der Waals surface area contributed by atoms with Crippen LogP contribution in [0.3, 0.4) is 0 Å². The van der Waals surface area contributed by atoms with E-state index in [-0.39, 0.29) is 17.2 Å². The molecule has 0 radical (unpaired) electrons. The van der Waals surface area contributed by atoms with E-state index >= 15 is 0 Å². The molecule has 1 heterocycles. The van der Waals surface area contributed by atoms with Crippen LogP contribution < -0.4 is 4.90 Å². The number of hydrogen-bond acceptors (Lipinski definition) is 8. The monoisotopic (exact) mass is 324 g/mol. The lowest BCUT2D eigenvalue weighted by molar-refractivity contribution is -0.384. The zero-order valence-electron chi connectivity index (χ0n) is 11.3. The third-order valence-electron chi connectivity index (χ3n) is 2.48. The fraction of sp³-hybridized carbons (Fsp3) is 0.250. The van der Waals surface area contributed by atoms with Gasteiger partial charge in [-0.3, -0.25) is 14.9 Å². The lowest BCUT2D eigenvalue weighted by atomic mass is 10.1. The Kier molecular flexibility index (Phi) is 4.86. The molecule has 1 aromatic heterocycles. The van der Waals surface area contributed by atoms with Gasteiger partial charge >= 0.3 is 0 Å². The highest BCUT2D eigenvalue weighted by Gasteiger charge is 2.13. The van der Waals surface area contributed by atoms with Crippen LogP contribution in [0.25, 0.3) is 0 Å². The van der Waals surface area contributed by atoms with Crippen molar-refractivity contribution < 1.29 is 9.72 Å². The number of Topliss-reactive ketones (excluding diaryl/α,β-unsaturated/α-hetero) is 1. The summed E-state index contributed by atoms with van der Waals surface area (Å²) < 4.78 is 0.692. The number of nitro benzene ring substituents is 1. The number of benzene rings is 1. The minimum Gasteiger partial charge on any atom is -0.353 e. The summed E-state index contributed by atoms with van der Waals surface area (Å²) in [6, 6.07) is 5.72. The molecule has 0 amide bonds. The van der Waals surface area contributed by atoms with E-state index in [1.165, 1.54) is 41.3 Å². The average molecular weight is 324 g/mol. The molecule has 2 rings (SSSR count). The van der Waals surface area contributed by atoms with Crippen LogP contribution >= 0.6 is 23.1 Å². The van der Waals surface area contributed by atoms with Gasteiger partial charge in [-0.1, -0.05) is 35.2 Å². The fourth-order valence-corrected chi connectivity index (χ4v) is 3.10. The van der Waals surface area contributed by atoms with Crippen molar-refractivity contribution in [3.8, 4) is 0 Å². The van der Waals surface area contributed by atoms with Gasteiger partial charge in [0.05, 0.1) is 10.7 Å². The topological polar surface area (TPSA) is 89.2 Å². The van der Waals surface area contributed by atoms with Gasteiger partial charge in [-0.15, -0.1) is 10.2 Å². The number of rotatable bonds is 6. The number of thioether (sulfide) groups is 1. The van der Waals surface area contributed by atoms with Crippen molar-refractivity contribution in [1.29, 1.82) is 0 Å². The van der Waals surface area contributed by atoms with E-state index in [1.54, 1.807) is 6.07 Å². The van der Waals surface area contributed by atoms with E-state index in [1.807, 2.05) is 19.0 Å². The Hall–Kier alpha value is -2.00. The number of nitro groups is 1. The van der Waals surface area contributed by atoms with Crippen LogP contribution in [0.2, 0.25) is 0 Å². The molecule has 21 heavy (non-hydrogen) atoms. The molecule has 7 nitrogen and oxygen atoms in total. The second-order valence-electron chi connectivity index (χ2n) is 4.26. The molecule has 0 aliphatic carbocycles. The van der Waals surface area contributed by atoms with Gasteiger partial charge in [0, 0.05) is 31.8 Å². The molecule has 0 fully saturated rings. The van der Waals surface area contributed by atoms with Crippen LogP contribution in [0.5, 0.6) is 0 Å². The third kappa shape index (κ3) is 3.99.